The Hall–Kier alpha value is -2.15. The zero-order valence-electron chi connectivity index (χ0n) is 21.3. The van der Waals surface area contributed by atoms with Crippen LogP contribution < -0.4 is 10.1 Å². The first-order valence-electron chi connectivity index (χ1n) is 12.3. The van der Waals surface area contributed by atoms with E-state index in [9.17, 15) is 9.18 Å². The Morgan fingerprint density at radius 2 is 1.91 bits per heavy atom. The zero-order valence-corrected chi connectivity index (χ0v) is 22.1. The van der Waals surface area contributed by atoms with E-state index in [-0.39, 0.29) is 29.6 Å². The van der Waals surface area contributed by atoms with Gasteiger partial charge in [0.1, 0.15) is 18.2 Å². The molecule has 0 aromatic heterocycles. The lowest BCUT2D eigenvalue weighted by atomic mass is 9.59. The lowest BCUT2D eigenvalue weighted by Gasteiger charge is -2.47. The van der Waals surface area contributed by atoms with Gasteiger partial charge in [-0.05, 0) is 98.0 Å². The van der Waals surface area contributed by atoms with E-state index in [0.717, 1.165) is 56.5 Å². The second-order valence-electron chi connectivity index (χ2n) is 9.72. The SMILES string of the molecule is COc1ccc(CCCNCC[C@]2(COOC(C)=O)CCc3cc(F)ccc3[C@H]2C(C)C)cc1.Cl. The summed E-state index contributed by atoms with van der Waals surface area (Å²) in [6, 6.07) is 13.3. The molecular weight excluding hydrogens is 469 g/mol. The van der Waals surface area contributed by atoms with Crippen LogP contribution in [0.3, 0.4) is 0 Å². The van der Waals surface area contributed by atoms with E-state index in [1.54, 1.807) is 19.2 Å². The summed E-state index contributed by atoms with van der Waals surface area (Å²) in [6.45, 7) is 7.83. The van der Waals surface area contributed by atoms with Gasteiger partial charge in [-0.15, -0.1) is 12.4 Å². The Morgan fingerprint density at radius 1 is 1.17 bits per heavy atom. The molecule has 0 saturated carbocycles. The second kappa shape index (κ2) is 13.8. The van der Waals surface area contributed by atoms with Crippen LogP contribution in [0.1, 0.15) is 62.6 Å². The molecule has 0 heterocycles. The van der Waals surface area contributed by atoms with Crippen LogP contribution in [-0.4, -0.2) is 32.8 Å². The molecule has 2 aromatic carbocycles. The highest BCUT2D eigenvalue weighted by Crippen LogP contribution is 2.51. The molecule has 0 radical (unpaired) electrons. The topological polar surface area (TPSA) is 56.8 Å². The average molecular weight is 508 g/mol. The molecule has 35 heavy (non-hydrogen) atoms. The molecule has 0 unspecified atom stereocenters. The largest absolute Gasteiger partial charge is 0.497 e. The van der Waals surface area contributed by atoms with Gasteiger partial charge >= 0.3 is 5.97 Å². The fourth-order valence-corrected chi connectivity index (χ4v) is 5.45. The van der Waals surface area contributed by atoms with Crippen molar-refractivity contribution in [1.29, 1.82) is 0 Å². The Kier molecular flexibility index (Phi) is 11.5. The van der Waals surface area contributed by atoms with Gasteiger partial charge in [0.05, 0.1) is 7.11 Å². The quantitative estimate of drug-likeness (QED) is 0.216. The number of carbonyl (C=O) groups is 1. The Balaban J connectivity index is 0.00000432. The predicted molar refractivity (Wildman–Crippen MR) is 139 cm³/mol. The number of carbonyl (C=O) groups excluding carboxylic acids is 1. The van der Waals surface area contributed by atoms with Crippen molar-refractivity contribution >= 4 is 18.4 Å². The summed E-state index contributed by atoms with van der Waals surface area (Å²) < 4.78 is 19.1. The highest BCUT2D eigenvalue weighted by molar-refractivity contribution is 5.85. The molecule has 1 aliphatic rings. The number of rotatable bonds is 12. The number of benzene rings is 2. The molecule has 0 spiro atoms. The van der Waals surface area contributed by atoms with Crippen LogP contribution in [0.5, 0.6) is 5.75 Å². The van der Waals surface area contributed by atoms with E-state index in [0.29, 0.717) is 12.5 Å². The summed E-state index contributed by atoms with van der Waals surface area (Å²) >= 11 is 0. The van der Waals surface area contributed by atoms with Gasteiger partial charge in [0.15, 0.2) is 0 Å². The van der Waals surface area contributed by atoms with Crippen LogP contribution >= 0.6 is 12.4 Å². The van der Waals surface area contributed by atoms with E-state index in [1.165, 1.54) is 18.1 Å². The molecular formula is C28H39ClFNO4. The molecule has 5 nitrogen and oxygen atoms in total. The van der Waals surface area contributed by atoms with E-state index >= 15 is 0 Å². The van der Waals surface area contributed by atoms with Gasteiger partial charge < -0.3 is 10.1 Å². The maximum atomic E-state index is 13.9. The van der Waals surface area contributed by atoms with Crippen molar-refractivity contribution in [2.24, 2.45) is 11.3 Å². The number of ether oxygens (including phenoxy) is 1. The van der Waals surface area contributed by atoms with Crippen LogP contribution in [-0.2, 0) is 27.4 Å². The van der Waals surface area contributed by atoms with Gasteiger partial charge in [-0.1, -0.05) is 32.0 Å². The van der Waals surface area contributed by atoms with E-state index < -0.39 is 5.97 Å². The summed E-state index contributed by atoms with van der Waals surface area (Å²) in [4.78, 5) is 21.7. The number of halogens is 2. The van der Waals surface area contributed by atoms with Crippen molar-refractivity contribution in [3.8, 4) is 5.75 Å². The van der Waals surface area contributed by atoms with Crippen molar-refractivity contribution in [2.45, 2.75) is 58.8 Å². The van der Waals surface area contributed by atoms with Gasteiger partial charge in [-0.25, -0.2) is 9.18 Å². The molecule has 0 aliphatic heterocycles. The number of hydrogen-bond acceptors (Lipinski definition) is 5. The van der Waals surface area contributed by atoms with Gasteiger partial charge in [0.2, 0.25) is 0 Å². The molecule has 0 fully saturated rings. The average Bonchev–Trinajstić information content (AvgIpc) is 2.81. The maximum Gasteiger partial charge on any atom is 0.339 e. The first kappa shape index (κ1) is 29.1. The number of fused-ring (bicyclic) bond motifs is 1. The summed E-state index contributed by atoms with van der Waals surface area (Å²) in [5, 5.41) is 3.59. The third-order valence-electron chi connectivity index (χ3n) is 6.96. The summed E-state index contributed by atoms with van der Waals surface area (Å²) in [7, 11) is 1.68. The Labute approximate surface area is 215 Å². The highest BCUT2D eigenvalue weighted by Gasteiger charge is 2.45. The second-order valence-corrected chi connectivity index (χ2v) is 9.72. The Bertz CT molecular complexity index is 937. The minimum atomic E-state index is -0.453. The third kappa shape index (κ3) is 7.92. The molecule has 1 N–H and O–H groups in total. The number of methoxy groups -OCH3 is 1. The summed E-state index contributed by atoms with van der Waals surface area (Å²) in [5.74, 6) is 0.753. The molecule has 1 aliphatic carbocycles. The maximum absolute atomic E-state index is 13.9. The van der Waals surface area contributed by atoms with Crippen molar-refractivity contribution < 1.29 is 23.7 Å². The van der Waals surface area contributed by atoms with Crippen LogP contribution in [0, 0.1) is 17.2 Å². The van der Waals surface area contributed by atoms with Crippen LogP contribution in [0.4, 0.5) is 4.39 Å². The van der Waals surface area contributed by atoms with Crippen molar-refractivity contribution in [2.75, 3.05) is 26.8 Å². The van der Waals surface area contributed by atoms with E-state index in [4.69, 9.17) is 14.5 Å². The highest BCUT2D eigenvalue weighted by atomic mass is 35.5. The lowest BCUT2D eigenvalue weighted by molar-refractivity contribution is -0.287. The third-order valence-corrected chi connectivity index (χ3v) is 6.96. The molecule has 0 saturated heterocycles. The van der Waals surface area contributed by atoms with Gasteiger partial charge in [-0.3, -0.25) is 4.89 Å². The fourth-order valence-electron chi connectivity index (χ4n) is 5.45. The standard InChI is InChI=1S/C28H38FNO4.ClH/c1-20(2)27-26-12-9-24(29)18-23(26)13-14-28(27,19-33-34-21(3)31)15-17-30-16-5-6-22-7-10-25(32-4)11-8-22;/h7-12,18,20,27,30H,5-6,13-17,19H2,1-4H3;1H/t27-,28+;/m1./s1. The van der Waals surface area contributed by atoms with Crippen LogP contribution in [0.25, 0.3) is 0 Å². The van der Waals surface area contributed by atoms with Gasteiger partial charge in [0, 0.05) is 12.3 Å². The van der Waals surface area contributed by atoms with Crippen LogP contribution in [0.15, 0.2) is 42.5 Å². The van der Waals surface area contributed by atoms with Crippen LogP contribution in [0.2, 0.25) is 0 Å². The smallest absolute Gasteiger partial charge is 0.339 e. The normalized spacial score (nSPS) is 19.1. The molecule has 2 aromatic rings. The minimum absolute atomic E-state index is 0. The predicted octanol–water partition coefficient (Wildman–Crippen LogP) is 6.04. The number of hydrogen-bond donors (Lipinski definition) is 1. The molecule has 3 rings (SSSR count). The molecule has 194 valence electrons. The van der Waals surface area contributed by atoms with E-state index in [1.807, 2.05) is 18.2 Å². The van der Waals surface area contributed by atoms with Crippen molar-refractivity contribution in [3.63, 3.8) is 0 Å². The summed E-state index contributed by atoms with van der Waals surface area (Å²) in [6.07, 6.45) is 4.58. The van der Waals surface area contributed by atoms with E-state index in [2.05, 4.69) is 31.3 Å². The summed E-state index contributed by atoms with van der Waals surface area (Å²) in [5.41, 5.74) is 3.37. The zero-order chi connectivity index (χ0) is 24.6. The van der Waals surface area contributed by atoms with Crippen molar-refractivity contribution in [1.82, 2.24) is 5.32 Å². The molecule has 0 bridgehead atoms. The fraction of sp³-hybridized carbons (Fsp3) is 0.536. The molecule has 7 heteroatoms. The number of aryl methyl sites for hydroxylation is 2. The van der Waals surface area contributed by atoms with Gasteiger partial charge in [0.25, 0.3) is 0 Å². The number of nitrogens with one attached hydrogen (secondary N) is 1. The minimum Gasteiger partial charge on any atom is -0.497 e. The Morgan fingerprint density at radius 3 is 2.57 bits per heavy atom. The lowest BCUT2D eigenvalue weighted by Crippen LogP contribution is -2.42. The first-order chi connectivity index (χ1) is 16.3. The molecule has 0 amide bonds. The first-order valence-corrected chi connectivity index (χ1v) is 12.3. The molecule has 2 atom stereocenters. The van der Waals surface area contributed by atoms with Gasteiger partial charge in [-0.2, -0.15) is 4.89 Å². The monoisotopic (exact) mass is 507 g/mol. The van der Waals surface area contributed by atoms with Crippen molar-refractivity contribution in [3.05, 3.63) is 65.0 Å².